The Morgan fingerprint density at radius 3 is 2.61 bits per heavy atom. The number of ether oxygens (including phenoxy) is 1. The van der Waals surface area contributed by atoms with Crippen molar-refractivity contribution in [2.24, 2.45) is 0 Å². The van der Waals surface area contributed by atoms with Gasteiger partial charge in [-0.1, -0.05) is 12.8 Å². The molecule has 1 rings (SSSR count). The zero-order valence-electron chi connectivity index (χ0n) is 10.0. The molecule has 4 nitrogen and oxygen atoms in total. The summed E-state index contributed by atoms with van der Waals surface area (Å²) in [4.78, 5) is 11.4. The largest absolute Gasteiger partial charge is 0.411 e. The van der Waals surface area contributed by atoms with Crippen molar-refractivity contribution in [1.82, 2.24) is 5.32 Å². The molecule has 0 aromatic rings. The first kappa shape index (κ1) is 15.2. The molecule has 7 heteroatoms. The molecule has 0 saturated heterocycles. The number of aliphatic hydroxyl groups is 1. The van der Waals surface area contributed by atoms with Crippen LogP contribution in [0.3, 0.4) is 0 Å². The minimum atomic E-state index is -4.37. The number of nitrogens with one attached hydrogen (secondary N) is 1. The van der Waals surface area contributed by atoms with E-state index in [9.17, 15) is 23.1 Å². The van der Waals surface area contributed by atoms with Crippen LogP contribution in [0.25, 0.3) is 0 Å². The van der Waals surface area contributed by atoms with Crippen LogP contribution in [-0.4, -0.2) is 42.5 Å². The van der Waals surface area contributed by atoms with Crippen molar-refractivity contribution >= 4 is 5.91 Å². The number of carbonyl (C=O) groups is 1. The highest BCUT2D eigenvalue weighted by molar-refractivity contribution is 5.76. The highest BCUT2D eigenvalue weighted by Gasteiger charge is 2.28. The van der Waals surface area contributed by atoms with E-state index in [0.717, 1.165) is 12.8 Å². The molecule has 2 N–H and O–H groups in total. The topological polar surface area (TPSA) is 58.6 Å². The predicted octanol–water partition coefficient (Wildman–Crippen LogP) is 1.38. The third-order valence-electron chi connectivity index (χ3n) is 2.82. The third kappa shape index (κ3) is 6.20. The van der Waals surface area contributed by atoms with Crippen molar-refractivity contribution in [3.8, 4) is 0 Å². The first-order valence-corrected chi connectivity index (χ1v) is 6.00. The van der Waals surface area contributed by atoms with Crippen molar-refractivity contribution in [3.63, 3.8) is 0 Å². The molecule has 18 heavy (non-hydrogen) atoms. The van der Waals surface area contributed by atoms with E-state index >= 15 is 0 Å². The molecule has 0 bridgehead atoms. The Kier molecular flexibility index (Phi) is 5.87. The maximum atomic E-state index is 11.7. The van der Waals surface area contributed by atoms with Crippen LogP contribution in [0.5, 0.6) is 0 Å². The second-order valence-corrected chi connectivity index (χ2v) is 4.44. The molecule has 0 heterocycles. The highest BCUT2D eigenvalue weighted by Crippen LogP contribution is 2.18. The number of rotatable bonds is 5. The summed E-state index contributed by atoms with van der Waals surface area (Å²) in [7, 11) is 0. The van der Waals surface area contributed by atoms with Gasteiger partial charge in [-0.2, -0.15) is 13.2 Å². The number of hydrogen-bond donors (Lipinski definition) is 2. The van der Waals surface area contributed by atoms with Crippen LogP contribution < -0.4 is 5.32 Å². The average Bonchev–Trinajstić information content (AvgIpc) is 2.26. The summed E-state index contributed by atoms with van der Waals surface area (Å²) in [5, 5.41) is 12.2. The summed E-state index contributed by atoms with van der Waals surface area (Å²) in [5.41, 5.74) is 0. The molecule has 1 aliphatic rings. The van der Waals surface area contributed by atoms with Crippen LogP contribution in [0.1, 0.15) is 32.1 Å². The molecule has 1 amide bonds. The summed E-state index contributed by atoms with van der Waals surface area (Å²) in [6.07, 6.45) is -1.82. The summed E-state index contributed by atoms with van der Waals surface area (Å²) in [5.74, 6) is -0.386. The lowest BCUT2D eigenvalue weighted by atomic mass is 9.92. The van der Waals surface area contributed by atoms with Crippen LogP contribution in [-0.2, 0) is 9.53 Å². The molecule has 0 spiro atoms. The molecule has 1 aliphatic carbocycles. The summed E-state index contributed by atoms with van der Waals surface area (Å²) >= 11 is 0. The Balaban J connectivity index is 2.13. The second-order valence-electron chi connectivity index (χ2n) is 4.44. The smallest absolute Gasteiger partial charge is 0.391 e. The van der Waals surface area contributed by atoms with Crippen molar-refractivity contribution in [2.45, 2.75) is 50.4 Å². The fraction of sp³-hybridized carbons (Fsp3) is 0.909. The first-order valence-electron chi connectivity index (χ1n) is 6.00. The lowest BCUT2D eigenvalue weighted by molar-refractivity contribution is -0.174. The van der Waals surface area contributed by atoms with Gasteiger partial charge in [-0.15, -0.1) is 0 Å². The molecule has 0 aliphatic heterocycles. The number of aliphatic hydroxyl groups excluding tert-OH is 1. The zero-order chi connectivity index (χ0) is 13.6. The lowest BCUT2D eigenvalue weighted by Crippen LogP contribution is -2.45. The number of carbonyl (C=O) groups excluding carboxylic acids is 1. The summed E-state index contributed by atoms with van der Waals surface area (Å²) < 4.78 is 39.6. The second kappa shape index (κ2) is 6.94. The van der Waals surface area contributed by atoms with Crippen molar-refractivity contribution in [3.05, 3.63) is 0 Å². The number of halogens is 3. The van der Waals surface area contributed by atoms with Crippen molar-refractivity contribution < 1.29 is 27.8 Å². The number of hydrogen-bond acceptors (Lipinski definition) is 3. The van der Waals surface area contributed by atoms with Gasteiger partial charge >= 0.3 is 6.18 Å². The monoisotopic (exact) mass is 269 g/mol. The predicted molar refractivity (Wildman–Crippen MR) is 57.9 cm³/mol. The third-order valence-corrected chi connectivity index (χ3v) is 2.82. The Hall–Kier alpha value is -0.820. The van der Waals surface area contributed by atoms with E-state index in [2.05, 4.69) is 10.1 Å². The maximum absolute atomic E-state index is 11.7. The van der Waals surface area contributed by atoms with Gasteiger partial charge < -0.3 is 15.2 Å². The van der Waals surface area contributed by atoms with Crippen LogP contribution in [0, 0.1) is 0 Å². The van der Waals surface area contributed by atoms with Gasteiger partial charge in [0.1, 0.15) is 6.61 Å². The molecular formula is C11H18F3NO3. The van der Waals surface area contributed by atoms with Crippen LogP contribution >= 0.6 is 0 Å². The quantitative estimate of drug-likeness (QED) is 0.741. The average molecular weight is 269 g/mol. The van der Waals surface area contributed by atoms with Gasteiger partial charge in [0.15, 0.2) is 0 Å². The maximum Gasteiger partial charge on any atom is 0.411 e. The Labute approximate surface area is 103 Å². The van der Waals surface area contributed by atoms with E-state index in [4.69, 9.17) is 0 Å². The minimum absolute atomic E-state index is 0.126. The molecule has 1 saturated carbocycles. The molecule has 2 atom stereocenters. The lowest BCUT2D eigenvalue weighted by Gasteiger charge is -2.28. The Morgan fingerprint density at radius 2 is 2.00 bits per heavy atom. The van der Waals surface area contributed by atoms with E-state index in [1.165, 1.54) is 0 Å². The molecule has 2 unspecified atom stereocenters. The molecule has 1 fully saturated rings. The van der Waals surface area contributed by atoms with Crippen molar-refractivity contribution in [2.75, 3.05) is 13.2 Å². The van der Waals surface area contributed by atoms with Gasteiger partial charge in [0.2, 0.25) is 5.91 Å². The van der Waals surface area contributed by atoms with Crippen molar-refractivity contribution in [1.29, 1.82) is 0 Å². The van der Waals surface area contributed by atoms with E-state index in [1.54, 1.807) is 0 Å². The zero-order valence-corrected chi connectivity index (χ0v) is 10.0. The molecule has 0 radical (unpaired) electrons. The SMILES string of the molecule is O=C(CCOCC(F)(F)F)NC1CCCCC1O. The van der Waals surface area contributed by atoms with E-state index in [1.807, 2.05) is 0 Å². The van der Waals surface area contributed by atoms with Gasteiger partial charge in [0, 0.05) is 6.42 Å². The molecule has 106 valence electrons. The fourth-order valence-corrected chi connectivity index (χ4v) is 1.91. The number of alkyl halides is 3. The molecule has 0 aromatic carbocycles. The minimum Gasteiger partial charge on any atom is -0.391 e. The van der Waals surface area contributed by atoms with Gasteiger partial charge in [0.25, 0.3) is 0 Å². The summed E-state index contributed by atoms with van der Waals surface area (Å²) in [6, 6.07) is -0.283. The van der Waals surface area contributed by atoms with Gasteiger partial charge in [-0.25, -0.2) is 0 Å². The van der Waals surface area contributed by atoms with E-state index in [-0.39, 0.29) is 25.0 Å². The first-order chi connectivity index (χ1) is 8.38. The Morgan fingerprint density at radius 1 is 1.33 bits per heavy atom. The number of amides is 1. The van der Waals surface area contributed by atoms with Gasteiger partial charge in [-0.3, -0.25) is 4.79 Å². The van der Waals surface area contributed by atoms with E-state index < -0.39 is 18.9 Å². The summed E-state index contributed by atoms with van der Waals surface area (Å²) in [6.45, 7) is -1.61. The van der Waals surface area contributed by atoms with Gasteiger partial charge in [-0.05, 0) is 12.8 Å². The van der Waals surface area contributed by atoms with Crippen LogP contribution in [0.4, 0.5) is 13.2 Å². The van der Waals surface area contributed by atoms with Gasteiger partial charge in [0.05, 0.1) is 18.8 Å². The van der Waals surface area contributed by atoms with Crippen LogP contribution in [0.15, 0.2) is 0 Å². The molecular weight excluding hydrogens is 251 g/mol. The van der Waals surface area contributed by atoms with Crippen LogP contribution in [0.2, 0.25) is 0 Å². The van der Waals surface area contributed by atoms with E-state index in [0.29, 0.717) is 12.8 Å². The normalized spacial score (nSPS) is 24.9. The Bertz CT molecular complexity index is 271. The molecule has 0 aromatic heterocycles. The highest BCUT2D eigenvalue weighted by atomic mass is 19.4. The standard InChI is InChI=1S/C11H18F3NO3/c12-11(13,14)7-18-6-5-10(17)15-8-3-1-2-4-9(8)16/h8-9,16H,1-7H2,(H,15,17). The fourth-order valence-electron chi connectivity index (χ4n) is 1.91.